The normalized spacial score (nSPS) is 19.5. The van der Waals surface area contributed by atoms with Gasteiger partial charge in [-0.15, -0.1) is 0 Å². The van der Waals surface area contributed by atoms with Crippen LogP contribution in [0.2, 0.25) is 0 Å². The monoisotopic (exact) mass is 259 g/mol. The highest BCUT2D eigenvalue weighted by molar-refractivity contribution is 5.96. The van der Waals surface area contributed by atoms with Crippen LogP contribution < -0.4 is 10.6 Å². The van der Waals surface area contributed by atoms with Gasteiger partial charge in [0.2, 0.25) is 5.91 Å². The fourth-order valence-electron chi connectivity index (χ4n) is 2.43. The molecule has 1 aromatic heterocycles. The summed E-state index contributed by atoms with van der Waals surface area (Å²) in [5.41, 5.74) is 2.27. The zero-order chi connectivity index (χ0) is 13.2. The molecule has 0 aliphatic carbocycles. The van der Waals surface area contributed by atoms with Gasteiger partial charge in [-0.25, -0.2) is 4.98 Å². The molecule has 19 heavy (non-hydrogen) atoms. The average molecular weight is 259 g/mol. The summed E-state index contributed by atoms with van der Waals surface area (Å²) in [7, 11) is 0. The number of rotatable bonds is 2. The Balaban J connectivity index is 1.74. The lowest BCUT2D eigenvalue weighted by molar-refractivity contribution is -0.118. The third-order valence-electron chi connectivity index (χ3n) is 3.39. The number of benzene rings is 1. The number of hydrogen-bond acceptors (Lipinski definition) is 4. The number of fused-ring (bicyclic) bond motifs is 1. The van der Waals surface area contributed by atoms with E-state index in [1.54, 1.807) is 0 Å². The van der Waals surface area contributed by atoms with E-state index in [9.17, 15) is 4.79 Å². The van der Waals surface area contributed by atoms with Gasteiger partial charge in [-0.3, -0.25) is 4.79 Å². The second-order valence-corrected chi connectivity index (χ2v) is 4.91. The Morgan fingerprint density at radius 3 is 3.16 bits per heavy atom. The number of aryl methyl sites for hydroxylation is 1. The van der Waals surface area contributed by atoms with E-state index in [-0.39, 0.29) is 11.9 Å². The highest BCUT2D eigenvalue weighted by atomic mass is 16.3. The molecule has 5 heteroatoms. The average Bonchev–Trinajstić information content (AvgIpc) is 2.79. The molecule has 1 saturated heterocycles. The lowest BCUT2D eigenvalue weighted by Crippen LogP contribution is -2.43. The van der Waals surface area contributed by atoms with Crippen LogP contribution in [0.25, 0.3) is 11.1 Å². The zero-order valence-corrected chi connectivity index (χ0v) is 10.9. The number of amides is 1. The Hall–Kier alpha value is -1.88. The zero-order valence-electron chi connectivity index (χ0n) is 10.9. The van der Waals surface area contributed by atoms with Crippen molar-refractivity contribution >= 4 is 22.7 Å². The molecule has 0 unspecified atom stereocenters. The van der Waals surface area contributed by atoms with Crippen molar-refractivity contribution in [1.29, 1.82) is 0 Å². The van der Waals surface area contributed by atoms with Gasteiger partial charge in [0, 0.05) is 12.6 Å². The highest BCUT2D eigenvalue weighted by Crippen LogP contribution is 2.20. The van der Waals surface area contributed by atoms with Gasteiger partial charge in [0.25, 0.3) is 0 Å². The van der Waals surface area contributed by atoms with E-state index in [1.165, 1.54) is 0 Å². The number of piperidine rings is 1. The first kappa shape index (κ1) is 12.2. The minimum Gasteiger partial charge on any atom is -0.441 e. The molecule has 1 aliphatic heterocycles. The molecule has 2 aromatic rings. The van der Waals surface area contributed by atoms with Crippen LogP contribution in [0.3, 0.4) is 0 Å². The summed E-state index contributed by atoms with van der Waals surface area (Å²) in [6, 6.07) is 5.43. The number of hydrogen-bond donors (Lipinski definition) is 2. The minimum atomic E-state index is -0.0801. The number of nitrogens with zero attached hydrogens (tertiary/aromatic N) is 1. The number of aromatic nitrogens is 1. The van der Waals surface area contributed by atoms with Crippen molar-refractivity contribution in [3.05, 3.63) is 24.1 Å². The molecular formula is C14H17N3O2. The summed E-state index contributed by atoms with van der Waals surface area (Å²) < 4.78 is 5.41. The van der Waals surface area contributed by atoms with Crippen molar-refractivity contribution in [3.63, 3.8) is 0 Å². The van der Waals surface area contributed by atoms with Gasteiger partial charge in [0.05, 0.1) is 6.04 Å². The van der Waals surface area contributed by atoms with Crippen LogP contribution in [-0.2, 0) is 4.79 Å². The largest absolute Gasteiger partial charge is 0.441 e. The predicted molar refractivity (Wildman–Crippen MR) is 73.0 cm³/mol. The second-order valence-electron chi connectivity index (χ2n) is 4.91. The molecule has 1 atom stereocenters. The Morgan fingerprint density at radius 2 is 2.37 bits per heavy atom. The van der Waals surface area contributed by atoms with Gasteiger partial charge < -0.3 is 15.1 Å². The van der Waals surface area contributed by atoms with E-state index in [1.807, 2.05) is 25.1 Å². The summed E-state index contributed by atoms with van der Waals surface area (Å²) in [4.78, 5) is 16.4. The predicted octanol–water partition coefficient (Wildman–Crippen LogP) is 2.22. The molecule has 1 aliphatic rings. The molecule has 1 amide bonds. The smallest absolute Gasteiger partial charge is 0.241 e. The summed E-state index contributed by atoms with van der Waals surface area (Å²) >= 11 is 0. The maximum atomic E-state index is 12.1. The number of oxazole rings is 1. The van der Waals surface area contributed by atoms with Gasteiger partial charge in [-0.1, -0.05) is 6.42 Å². The van der Waals surface area contributed by atoms with E-state index in [4.69, 9.17) is 4.42 Å². The van der Waals surface area contributed by atoms with Gasteiger partial charge in [-0.05, 0) is 37.6 Å². The molecule has 1 aromatic carbocycles. The second kappa shape index (κ2) is 5.01. The van der Waals surface area contributed by atoms with Gasteiger partial charge in [0.1, 0.15) is 5.52 Å². The van der Waals surface area contributed by atoms with E-state index < -0.39 is 0 Å². The molecule has 2 heterocycles. The molecule has 2 N–H and O–H groups in total. The highest BCUT2D eigenvalue weighted by Gasteiger charge is 2.20. The standard InChI is InChI=1S/C14H17N3O2/c1-9-16-12-8-10(5-6-13(12)19-9)17-14(18)11-4-2-3-7-15-11/h5-6,8,11,15H,2-4,7H2,1H3,(H,17,18)/t11-/m0/s1. The topological polar surface area (TPSA) is 67.2 Å². The Morgan fingerprint density at radius 1 is 1.47 bits per heavy atom. The Kier molecular flexibility index (Phi) is 3.21. The molecule has 5 nitrogen and oxygen atoms in total. The van der Waals surface area contributed by atoms with Crippen molar-refractivity contribution in [1.82, 2.24) is 10.3 Å². The first-order valence-corrected chi connectivity index (χ1v) is 6.64. The molecule has 0 saturated carbocycles. The molecule has 0 bridgehead atoms. The third kappa shape index (κ3) is 2.61. The van der Waals surface area contributed by atoms with Gasteiger partial charge >= 0.3 is 0 Å². The molecule has 1 fully saturated rings. The van der Waals surface area contributed by atoms with Crippen LogP contribution >= 0.6 is 0 Å². The van der Waals surface area contributed by atoms with E-state index in [0.29, 0.717) is 5.89 Å². The van der Waals surface area contributed by atoms with Crippen LogP contribution in [0, 0.1) is 6.92 Å². The first-order chi connectivity index (χ1) is 9.22. The maximum absolute atomic E-state index is 12.1. The van der Waals surface area contributed by atoms with E-state index in [2.05, 4.69) is 15.6 Å². The van der Waals surface area contributed by atoms with Crippen molar-refractivity contribution in [2.75, 3.05) is 11.9 Å². The summed E-state index contributed by atoms with van der Waals surface area (Å²) in [6.45, 7) is 2.73. The van der Waals surface area contributed by atoms with Crippen LogP contribution in [-0.4, -0.2) is 23.5 Å². The van der Waals surface area contributed by atoms with Crippen molar-refractivity contribution in [2.45, 2.75) is 32.2 Å². The van der Waals surface area contributed by atoms with E-state index in [0.717, 1.165) is 42.6 Å². The third-order valence-corrected chi connectivity index (χ3v) is 3.39. The lowest BCUT2D eigenvalue weighted by Gasteiger charge is -2.22. The van der Waals surface area contributed by atoms with Crippen LogP contribution in [0.1, 0.15) is 25.2 Å². The fraction of sp³-hybridized carbons (Fsp3) is 0.429. The quantitative estimate of drug-likeness (QED) is 0.867. The number of nitrogens with one attached hydrogen (secondary N) is 2. The van der Waals surface area contributed by atoms with Crippen LogP contribution in [0.4, 0.5) is 5.69 Å². The molecular weight excluding hydrogens is 242 g/mol. The van der Waals surface area contributed by atoms with Crippen molar-refractivity contribution in [2.24, 2.45) is 0 Å². The molecule has 3 rings (SSSR count). The van der Waals surface area contributed by atoms with Gasteiger partial charge in [-0.2, -0.15) is 0 Å². The minimum absolute atomic E-state index is 0.0271. The van der Waals surface area contributed by atoms with E-state index >= 15 is 0 Å². The van der Waals surface area contributed by atoms with Crippen LogP contribution in [0.15, 0.2) is 22.6 Å². The summed E-state index contributed by atoms with van der Waals surface area (Å²) in [6.07, 6.45) is 3.15. The SMILES string of the molecule is Cc1nc2cc(NC(=O)[C@@H]3CCCCN3)ccc2o1. The van der Waals surface area contributed by atoms with Crippen LogP contribution in [0.5, 0.6) is 0 Å². The number of carbonyl (C=O) groups excluding carboxylic acids is 1. The van der Waals surface area contributed by atoms with Crippen molar-refractivity contribution in [3.8, 4) is 0 Å². The Bertz CT molecular complexity index is 600. The summed E-state index contributed by atoms with van der Waals surface area (Å²) in [5.74, 6) is 0.659. The lowest BCUT2D eigenvalue weighted by atomic mass is 10.0. The molecule has 100 valence electrons. The van der Waals surface area contributed by atoms with Gasteiger partial charge in [0.15, 0.2) is 11.5 Å². The number of carbonyl (C=O) groups is 1. The molecule has 0 radical (unpaired) electrons. The first-order valence-electron chi connectivity index (χ1n) is 6.64. The van der Waals surface area contributed by atoms with Crippen molar-refractivity contribution < 1.29 is 9.21 Å². The maximum Gasteiger partial charge on any atom is 0.241 e. The number of anilines is 1. The fourth-order valence-corrected chi connectivity index (χ4v) is 2.43. The molecule has 0 spiro atoms. The Labute approximate surface area is 111 Å². The summed E-state index contributed by atoms with van der Waals surface area (Å²) in [5, 5.41) is 6.16.